The third-order valence-electron chi connectivity index (χ3n) is 3.26. The lowest BCUT2D eigenvalue weighted by atomic mass is 10.0. The van der Waals surface area contributed by atoms with Crippen molar-refractivity contribution in [2.24, 2.45) is 5.73 Å². The number of aryl methyl sites for hydroxylation is 1. The van der Waals surface area contributed by atoms with Gasteiger partial charge in [0.05, 0.1) is 0 Å². The third-order valence-corrected chi connectivity index (χ3v) is 3.59. The molecule has 3 heteroatoms. The third kappa shape index (κ3) is 4.34. The van der Waals surface area contributed by atoms with Gasteiger partial charge in [-0.25, -0.2) is 0 Å². The number of hydrogen-bond acceptors (Lipinski definition) is 2. The molecule has 0 saturated carbocycles. The summed E-state index contributed by atoms with van der Waals surface area (Å²) in [6.07, 6.45) is 2.16. The first-order valence-electron chi connectivity index (χ1n) is 7.06. The quantitative estimate of drug-likeness (QED) is 0.766. The topological polar surface area (TPSA) is 38.0 Å². The fourth-order valence-electron chi connectivity index (χ4n) is 2.21. The van der Waals surface area contributed by atoms with Crippen LogP contribution in [-0.4, -0.2) is 19.6 Å². The molecule has 20 heavy (non-hydrogen) atoms. The van der Waals surface area contributed by atoms with Gasteiger partial charge in [0.15, 0.2) is 0 Å². The minimum absolute atomic E-state index is 0.694. The Bertz CT molecular complexity index is 526. The van der Waals surface area contributed by atoms with Crippen LogP contribution < -0.4 is 11.1 Å². The van der Waals surface area contributed by atoms with Gasteiger partial charge in [0, 0.05) is 23.7 Å². The number of halogens is 1. The van der Waals surface area contributed by atoms with E-state index in [1.165, 1.54) is 11.1 Å². The summed E-state index contributed by atoms with van der Waals surface area (Å²) in [5, 5.41) is 4.12. The van der Waals surface area contributed by atoms with Crippen molar-refractivity contribution in [3.63, 3.8) is 0 Å². The fraction of sp³-hybridized carbons (Fsp3) is 0.294. The van der Waals surface area contributed by atoms with Gasteiger partial charge in [-0.2, -0.15) is 0 Å². The van der Waals surface area contributed by atoms with Crippen LogP contribution in [0.5, 0.6) is 0 Å². The van der Waals surface area contributed by atoms with Gasteiger partial charge in [0.2, 0.25) is 0 Å². The van der Waals surface area contributed by atoms with E-state index in [4.69, 9.17) is 17.3 Å². The van der Waals surface area contributed by atoms with Crippen molar-refractivity contribution in [1.82, 2.24) is 5.32 Å². The summed E-state index contributed by atoms with van der Waals surface area (Å²) >= 11 is 6.31. The Morgan fingerprint density at radius 1 is 1.00 bits per heavy atom. The molecule has 0 heterocycles. The van der Waals surface area contributed by atoms with Crippen molar-refractivity contribution >= 4 is 11.6 Å². The van der Waals surface area contributed by atoms with Gasteiger partial charge in [-0.05, 0) is 42.6 Å². The second-order valence-corrected chi connectivity index (χ2v) is 5.23. The van der Waals surface area contributed by atoms with E-state index in [0.717, 1.165) is 36.5 Å². The van der Waals surface area contributed by atoms with E-state index >= 15 is 0 Å². The van der Waals surface area contributed by atoms with E-state index in [0.29, 0.717) is 6.54 Å². The van der Waals surface area contributed by atoms with Crippen molar-refractivity contribution < 1.29 is 0 Å². The van der Waals surface area contributed by atoms with Gasteiger partial charge < -0.3 is 11.1 Å². The number of benzene rings is 2. The molecule has 0 amide bonds. The number of hydrogen-bond donors (Lipinski definition) is 2. The summed E-state index contributed by atoms with van der Waals surface area (Å²) < 4.78 is 0. The highest BCUT2D eigenvalue weighted by Crippen LogP contribution is 2.28. The van der Waals surface area contributed by atoms with Gasteiger partial charge in [-0.15, -0.1) is 0 Å². The summed E-state index contributed by atoms with van der Waals surface area (Å²) in [7, 11) is 0. The number of nitrogens with one attached hydrogen (secondary N) is 1. The lowest BCUT2D eigenvalue weighted by Crippen LogP contribution is -2.23. The lowest BCUT2D eigenvalue weighted by molar-refractivity contribution is 0.653. The molecule has 0 atom stereocenters. The maximum absolute atomic E-state index is 6.31. The first-order chi connectivity index (χ1) is 9.81. The molecule has 0 aromatic heterocycles. The average molecular weight is 289 g/mol. The second-order valence-electron chi connectivity index (χ2n) is 4.82. The van der Waals surface area contributed by atoms with Crippen molar-refractivity contribution in [2.75, 3.05) is 19.6 Å². The summed E-state index contributed by atoms with van der Waals surface area (Å²) in [5.74, 6) is 0. The molecule has 2 nitrogen and oxygen atoms in total. The van der Waals surface area contributed by atoms with E-state index in [9.17, 15) is 0 Å². The van der Waals surface area contributed by atoms with Crippen LogP contribution in [0.3, 0.4) is 0 Å². The van der Waals surface area contributed by atoms with Crippen molar-refractivity contribution in [1.29, 1.82) is 0 Å². The van der Waals surface area contributed by atoms with E-state index in [2.05, 4.69) is 29.6 Å². The highest BCUT2D eigenvalue weighted by Gasteiger charge is 2.04. The molecule has 0 radical (unpaired) electrons. The molecule has 0 aliphatic carbocycles. The first kappa shape index (κ1) is 15.0. The molecule has 0 saturated heterocycles. The number of rotatable bonds is 7. The molecule has 0 fully saturated rings. The maximum atomic E-state index is 6.31. The molecule has 0 aliphatic rings. The van der Waals surface area contributed by atoms with Gasteiger partial charge >= 0.3 is 0 Å². The summed E-state index contributed by atoms with van der Waals surface area (Å²) in [6.45, 7) is 2.58. The minimum atomic E-state index is 0.694. The zero-order valence-electron chi connectivity index (χ0n) is 11.6. The predicted molar refractivity (Wildman–Crippen MR) is 87.1 cm³/mol. The molecule has 2 rings (SSSR count). The van der Waals surface area contributed by atoms with Crippen LogP contribution in [0.2, 0.25) is 5.02 Å². The Labute approximate surface area is 126 Å². The van der Waals surface area contributed by atoms with E-state index in [1.807, 2.05) is 24.3 Å². The summed E-state index contributed by atoms with van der Waals surface area (Å²) in [6, 6.07) is 16.6. The molecule has 0 unspecified atom stereocenters. The van der Waals surface area contributed by atoms with Crippen LogP contribution in [0, 0.1) is 0 Å². The molecular weight excluding hydrogens is 268 g/mol. The number of nitrogens with two attached hydrogens (primary N) is 1. The van der Waals surface area contributed by atoms with Crippen molar-refractivity contribution in [3.05, 3.63) is 59.1 Å². The predicted octanol–water partition coefficient (Wildman–Crippen LogP) is 3.49. The van der Waals surface area contributed by atoms with E-state index in [1.54, 1.807) is 0 Å². The second kappa shape index (κ2) is 8.05. The van der Waals surface area contributed by atoms with Crippen LogP contribution in [0.4, 0.5) is 0 Å². The Balaban J connectivity index is 2.02. The SMILES string of the molecule is NCCNCCCc1ccc(Cl)c(-c2ccccc2)c1. The smallest absolute Gasteiger partial charge is 0.0484 e. The fourth-order valence-corrected chi connectivity index (χ4v) is 2.44. The Hall–Kier alpha value is -1.35. The van der Waals surface area contributed by atoms with Crippen LogP contribution in [-0.2, 0) is 6.42 Å². The van der Waals surface area contributed by atoms with Gasteiger partial charge in [-0.3, -0.25) is 0 Å². The largest absolute Gasteiger partial charge is 0.329 e. The van der Waals surface area contributed by atoms with Crippen LogP contribution in [0.25, 0.3) is 11.1 Å². The van der Waals surface area contributed by atoms with E-state index in [-0.39, 0.29) is 0 Å². The Morgan fingerprint density at radius 3 is 2.55 bits per heavy atom. The molecule has 2 aromatic rings. The van der Waals surface area contributed by atoms with E-state index < -0.39 is 0 Å². The highest BCUT2D eigenvalue weighted by molar-refractivity contribution is 6.33. The zero-order valence-corrected chi connectivity index (χ0v) is 12.4. The van der Waals surface area contributed by atoms with Crippen molar-refractivity contribution in [2.45, 2.75) is 12.8 Å². The Morgan fingerprint density at radius 2 is 1.80 bits per heavy atom. The highest BCUT2D eigenvalue weighted by atomic mass is 35.5. The van der Waals surface area contributed by atoms with Gasteiger partial charge in [0.1, 0.15) is 0 Å². The molecule has 0 spiro atoms. The maximum Gasteiger partial charge on any atom is 0.0484 e. The monoisotopic (exact) mass is 288 g/mol. The zero-order chi connectivity index (χ0) is 14.2. The Kier molecular flexibility index (Phi) is 6.06. The molecule has 0 aliphatic heterocycles. The standard InChI is InChI=1S/C17H21ClN2/c18-17-9-8-14(5-4-11-20-12-10-19)13-16(17)15-6-2-1-3-7-15/h1-3,6-9,13,20H,4-5,10-12,19H2. The van der Waals surface area contributed by atoms with Crippen LogP contribution in [0.15, 0.2) is 48.5 Å². The summed E-state index contributed by atoms with van der Waals surface area (Å²) in [4.78, 5) is 0. The lowest BCUT2D eigenvalue weighted by Gasteiger charge is -2.08. The molecule has 2 aromatic carbocycles. The minimum Gasteiger partial charge on any atom is -0.329 e. The molecule has 3 N–H and O–H groups in total. The first-order valence-corrected chi connectivity index (χ1v) is 7.43. The van der Waals surface area contributed by atoms with Crippen molar-refractivity contribution in [3.8, 4) is 11.1 Å². The molecule has 0 bridgehead atoms. The normalized spacial score (nSPS) is 10.7. The van der Waals surface area contributed by atoms with Crippen LogP contribution >= 0.6 is 11.6 Å². The van der Waals surface area contributed by atoms with Gasteiger partial charge in [-0.1, -0.05) is 48.0 Å². The molecule has 106 valence electrons. The van der Waals surface area contributed by atoms with Gasteiger partial charge in [0.25, 0.3) is 0 Å². The molecular formula is C17H21ClN2. The van der Waals surface area contributed by atoms with Crippen LogP contribution in [0.1, 0.15) is 12.0 Å². The average Bonchev–Trinajstić information content (AvgIpc) is 2.49. The summed E-state index contributed by atoms with van der Waals surface area (Å²) in [5.41, 5.74) is 9.05.